The summed E-state index contributed by atoms with van der Waals surface area (Å²) >= 11 is 0. The molecule has 0 aromatic rings. The Hall–Kier alpha value is -2.95. The van der Waals surface area contributed by atoms with E-state index in [1.54, 1.807) is 0 Å². The van der Waals surface area contributed by atoms with Gasteiger partial charge in [0.15, 0.2) is 0 Å². The van der Waals surface area contributed by atoms with Crippen LogP contribution in [0.2, 0.25) is 0 Å². The summed E-state index contributed by atoms with van der Waals surface area (Å²) in [4.78, 5) is 66.2. The molecule has 1 N–H and O–H groups in total. The fourth-order valence-corrected chi connectivity index (χ4v) is 10.7. The molecular formula is C30H39NO10. The van der Waals surface area contributed by atoms with Crippen molar-refractivity contribution in [1.82, 2.24) is 4.90 Å². The standard InChI is InChI=1S/C30H39NO10/c1-13-6-8-19-21-11-18-12-29(19,41-16(4)34)27-24(28(37)38-5)26(40-15(3)33)23-20(30(18,27)31(13)21)9-7-17(10-22(35)36)25(23)39-14(2)32/h13,17-21,23,25-26H,6-12H2,1-5H3,(H,35,36). The minimum Gasteiger partial charge on any atom is -0.481 e. The van der Waals surface area contributed by atoms with Crippen molar-refractivity contribution in [2.45, 2.75) is 108 Å². The number of carboxylic acids is 1. The molecular weight excluding hydrogens is 534 g/mol. The van der Waals surface area contributed by atoms with Gasteiger partial charge in [0.25, 0.3) is 0 Å². The lowest BCUT2D eigenvalue weighted by atomic mass is 9.51. The molecule has 3 heterocycles. The molecule has 0 aromatic carbocycles. The minimum atomic E-state index is -1.16. The molecule has 11 nitrogen and oxygen atoms in total. The fourth-order valence-electron chi connectivity index (χ4n) is 10.7. The van der Waals surface area contributed by atoms with Gasteiger partial charge in [-0.25, -0.2) is 4.79 Å². The summed E-state index contributed by atoms with van der Waals surface area (Å²) in [6, 6.07) is 0.327. The lowest BCUT2D eigenvalue weighted by Gasteiger charge is -2.65. The Labute approximate surface area is 238 Å². The highest BCUT2D eigenvalue weighted by molar-refractivity contribution is 5.93. The summed E-state index contributed by atoms with van der Waals surface area (Å²) in [7, 11) is 1.27. The Morgan fingerprint density at radius 3 is 2.24 bits per heavy atom. The van der Waals surface area contributed by atoms with Gasteiger partial charge >= 0.3 is 29.8 Å². The van der Waals surface area contributed by atoms with Gasteiger partial charge < -0.3 is 24.1 Å². The van der Waals surface area contributed by atoms with Gasteiger partial charge in [0, 0.05) is 56.2 Å². The largest absolute Gasteiger partial charge is 0.481 e. The molecule has 224 valence electrons. The second-order valence-electron chi connectivity index (χ2n) is 13.0. The van der Waals surface area contributed by atoms with Crippen molar-refractivity contribution in [1.29, 1.82) is 0 Å². The maximum atomic E-state index is 13.9. The van der Waals surface area contributed by atoms with Gasteiger partial charge in [-0.05, 0) is 57.3 Å². The van der Waals surface area contributed by atoms with Crippen molar-refractivity contribution in [3.05, 3.63) is 11.1 Å². The third kappa shape index (κ3) is 3.69. The molecule has 12 unspecified atom stereocenters. The molecule has 11 heteroatoms. The third-order valence-electron chi connectivity index (χ3n) is 11.1. The number of carbonyl (C=O) groups is 5. The van der Waals surface area contributed by atoms with Gasteiger partial charge in [-0.2, -0.15) is 0 Å². The number of nitrogens with zero attached hydrogens (tertiary/aromatic N) is 1. The zero-order valence-electron chi connectivity index (χ0n) is 24.2. The first-order valence-corrected chi connectivity index (χ1v) is 14.8. The number of aliphatic carboxylic acids is 1. The zero-order chi connectivity index (χ0) is 29.6. The molecule has 3 aliphatic heterocycles. The second kappa shape index (κ2) is 9.54. The van der Waals surface area contributed by atoms with Crippen LogP contribution < -0.4 is 0 Å². The topological polar surface area (TPSA) is 146 Å². The van der Waals surface area contributed by atoms with Crippen molar-refractivity contribution in [3.8, 4) is 0 Å². The molecule has 1 spiro atoms. The molecule has 12 atom stereocenters. The van der Waals surface area contributed by atoms with Crippen molar-refractivity contribution >= 4 is 29.8 Å². The van der Waals surface area contributed by atoms with Crippen LogP contribution in [0, 0.1) is 29.6 Å². The minimum absolute atomic E-state index is 0.0220. The van der Waals surface area contributed by atoms with Gasteiger partial charge in [-0.1, -0.05) is 0 Å². The molecule has 5 fully saturated rings. The Morgan fingerprint density at radius 2 is 1.63 bits per heavy atom. The van der Waals surface area contributed by atoms with Crippen LogP contribution in [0.5, 0.6) is 0 Å². The Bertz CT molecular complexity index is 1240. The third-order valence-corrected chi connectivity index (χ3v) is 11.1. The average molecular weight is 574 g/mol. The van der Waals surface area contributed by atoms with Crippen molar-refractivity contribution in [2.75, 3.05) is 7.11 Å². The fraction of sp³-hybridized carbons (Fsp3) is 0.767. The van der Waals surface area contributed by atoms with Gasteiger partial charge in [0.2, 0.25) is 0 Å². The maximum absolute atomic E-state index is 13.9. The summed E-state index contributed by atoms with van der Waals surface area (Å²) in [6.07, 6.45) is 1.97. The number of methoxy groups -OCH3 is 1. The van der Waals surface area contributed by atoms with Gasteiger partial charge in [0.1, 0.15) is 17.8 Å². The zero-order valence-corrected chi connectivity index (χ0v) is 24.2. The molecule has 0 aromatic heterocycles. The summed E-state index contributed by atoms with van der Waals surface area (Å²) in [5.74, 6) is -4.75. The summed E-state index contributed by atoms with van der Waals surface area (Å²) in [5, 5.41) is 9.75. The second-order valence-corrected chi connectivity index (χ2v) is 13.0. The van der Waals surface area contributed by atoms with E-state index in [9.17, 15) is 29.1 Å². The molecule has 0 radical (unpaired) electrons. The molecule has 6 aliphatic rings. The van der Waals surface area contributed by atoms with Crippen LogP contribution >= 0.6 is 0 Å². The first kappa shape index (κ1) is 28.2. The average Bonchev–Trinajstić information content (AvgIpc) is 3.28. The van der Waals surface area contributed by atoms with Crippen molar-refractivity contribution < 1.29 is 48.0 Å². The predicted molar refractivity (Wildman–Crippen MR) is 140 cm³/mol. The number of hydrogen-bond donors (Lipinski definition) is 1. The molecule has 6 rings (SSSR count). The number of ether oxygens (including phenoxy) is 4. The highest BCUT2D eigenvalue weighted by atomic mass is 16.6. The first-order chi connectivity index (χ1) is 19.4. The quantitative estimate of drug-likeness (QED) is 0.369. The Morgan fingerprint density at radius 1 is 0.951 bits per heavy atom. The smallest absolute Gasteiger partial charge is 0.337 e. The van der Waals surface area contributed by atoms with Gasteiger partial charge in [-0.15, -0.1) is 0 Å². The number of rotatable bonds is 6. The molecule has 3 saturated heterocycles. The number of piperidine rings is 2. The van der Waals surface area contributed by atoms with Crippen molar-refractivity contribution in [2.24, 2.45) is 29.6 Å². The van der Waals surface area contributed by atoms with Crippen LogP contribution in [0.1, 0.15) is 72.6 Å². The number of fused-ring (bicyclic) bond motifs is 2. The van der Waals surface area contributed by atoms with Crippen LogP contribution in [0.25, 0.3) is 0 Å². The number of carboxylic acid groups (broad SMARTS) is 1. The maximum Gasteiger partial charge on any atom is 0.337 e. The number of carbonyl (C=O) groups excluding carboxylic acids is 4. The lowest BCUT2D eigenvalue weighted by molar-refractivity contribution is -0.199. The van der Waals surface area contributed by atoms with Gasteiger partial charge in [-0.3, -0.25) is 24.1 Å². The van der Waals surface area contributed by atoms with E-state index in [4.69, 9.17) is 18.9 Å². The molecule has 3 aliphatic carbocycles. The van der Waals surface area contributed by atoms with Crippen LogP contribution in [-0.2, 0) is 42.9 Å². The monoisotopic (exact) mass is 573 g/mol. The molecule has 2 saturated carbocycles. The van der Waals surface area contributed by atoms with E-state index in [-0.39, 0.29) is 41.8 Å². The molecule has 5 bridgehead atoms. The Balaban J connectivity index is 1.67. The number of esters is 4. The van der Waals surface area contributed by atoms with Crippen LogP contribution in [0.15, 0.2) is 11.1 Å². The Kier molecular flexibility index (Phi) is 6.56. The number of hydrogen-bond acceptors (Lipinski definition) is 10. The summed E-state index contributed by atoms with van der Waals surface area (Å²) < 4.78 is 23.6. The molecule has 41 heavy (non-hydrogen) atoms. The van der Waals surface area contributed by atoms with Crippen LogP contribution in [-0.4, -0.2) is 82.4 Å². The van der Waals surface area contributed by atoms with E-state index in [1.807, 2.05) is 0 Å². The first-order valence-electron chi connectivity index (χ1n) is 14.8. The predicted octanol–water partition coefficient (Wildman–Crippen LogP) is 2.40. The van der Waals surface area contributed by atoms with Crippen molar-refractivity contribution in [3.63, 3.8) is 0 Å². The van der Waals surface area contributed by atoms with Gasteiger partial charge in [0.05, 0.1) is 24.6 Å². The van der Waals surface area contributed by atoms with E-state index in [2.05, 4.69) is 11.8 Å². The van der Waals surface area contributed by atoms with E-state index in [0.29, 0.717) is 24.8 Å². The lowest BCUT2D eigenvalue weighted by Crippen LogP contribution is -2.74. The highest BCUT2D eigenvalue weighted by Gasteiger charge is 2.83. The van der Waals surface area contributed by atoms with Crippen LogP contribution in [0.4, 0.5) is 0 Å². The normalized spacial score (nSPS) is 44.9. The highest BCUT2D eigenvalue weighted by Crippen LogP contribution is 2.76. The summed E-state index contributed by atoms with van der Waals surface area (Å²) in [5.41, 5.74) is -0.871. The van der Waals surface area contributed by atoms with E-state index in [1.165, 1.54) is 27.9 Å². The van der Waals surface area contributed by atoms with Crippen LogP contribution in [0.3, 0.4) is 0 Å². The summed E-state index contributed by atoms with van der Waals surface area (Å²) in [6.45, 7) is 6.12. The van der Waals surface area contributed by atoms with E-state index in [0.717, 1.165) is 19.3 Å². The molecule has 0 amide bonds. The SMILES string of the molecule is COC(=O)C1=C2C3(OC(C)=O)CC4CC5C3CCC(C)N5C24C2CCC(CC(=O)O)C(OC(C)=O)C2C1OC(C)=O. The van der Waals surface area contributed by atoms with E-state index >= 15 is 0 Å². The van der Waals surface area contributed by atoms with E-state index < -0.39 is 65.0 Å².